The predicted octanol–water partition coefficient (Wildman–Crippen LogP) is 2.47. The Morgan fingerprint density at radius 1 is 1.43 bits per heavy atom. The van der Waals surface area contributed by atoms with E-state index in [1.807, 2.05) is 6.20 Å². The van der Waals surface area contributed by atoms with Crippen LogP contribution in [0.1, 0.15) is 37.0 Å². The van der Waals surface area contributed by atoms with Gasteiger partial charge in [-0.1, -0.05) is 13.8 Å². The second-order valence-electron chi connectivity index (χ2n) is 4.78. The lowest BCUT2D eigenvalue weighted by Gasteiger charge is -2.31. The number of aryl methyl sites for hydroxylation is 1. The maximum absolute atomic E-state index is 8.97. The highest BCUT2D eigenvalue weighted by Crippen LogP contribution is 2.35. The molecule has 0 radical (unpaired) electrons. The molecular formula is C12H14N2. The van der Waals surface area contributed by atoms with E-state index in [1.165, 1.54) is 17.5 Å². The van der Waals surface area contributed by atoms with E-state index in [4.69, 9.17) is 5.26 Å². The molecule has 0 N–H and O–H groups in total. The summed E-state index contributed by atoms with van der Waals surface area (Å²) in [6.07, 6.45) is 6.85. The monoisotopic (exact) mass is 186 g/mol. The standard InChI is InChI=1S/C12H14N2/c1-12(2)4-3-9-7-14-8-10(6-13)11(9)5-12/h7-8H,3-5H2,1-2H3. The third-order valence-corrected chi connectivity index (χ3v) is 2.99. The third-order valence-electron chi connectivity index (χ3n) is 2.99. The van der Waals surface area contributed by atoms with Crippen molar-refractivity contribution in [2.75, 3.05) is 0 Å². The summed E-state index contributed by atoms with van der Waals surface area (Å²) in [5, 5.41) is 8.97. The van der Waals surface area contributed by atoms with E-state index < -0.39 is 0 Å². The fraction of sp³-hybridized carbons (Fsp3) is 0.500. The van der Waals surface area contributed by atoms with E-state index in [0.29, 0.717) is 5.41 Å². The summed E-state index contributed by atoms with van der Waals surface area (Å²) in [5.41, 5.74) is 3.58. The summed E-state index contributed by atoms with van der Waals surface area (Å²) in [7, 11) is 0. The molecule has 72 valence electrons. The minimum atomic E-state index is 0.333. The highest BCUT2D eigenvalue weighted by Gasteiger charge is 2.26. The van der Waals surface area contributed by atoms with Gasteiger partial charge in [-0.25, -0.2) is 0 Å². The maximum atomic E-state index is 8.97. The van der Waals surface area contributed by atoms with Crippen molar-refractivity contribution in [2.45, 2.75) is 33.1 Å². The van der Waals surface area contributed by atoms with Crippen LogP contribution in [-0.2, 0) is 12.8 Å². The topological polar surface area (TPSA) is 36.7 Å². The molecule has 0 saturated carbocycles. The molecule has 1 aromatic heterocycles. The minimum absolute atomic E-state index is 0.333. The zero-order valence-corrected chi connectivity index (χ0v) is 8.67. The fourth-order valence-corrected chi connectivity index (χ4v) is 2.09. The van der Waals surface area contributed by atoms with Crippen LogP contribution in [0.3, 0.4) is 0 Å². The smallest absolute Gasteiger partial charge is 0.101 e. The summed E-state index contributed by atoms with van der Waals surface area (Å²) in [5.74, 6) is 0. The van der Waals surface area contributed by atoms with Crippen molar-refractivity contribution >= 4 is 0 Å². The van der Waals surface area contributed by atoms with E-state index >= 15 is 0 Å². The summed E-state index contributed by atoms with van der Waals surface area (Å²) in [6, 6.07) is 2.23. The van der Waals surface area contributed by atoms with E-state index in [1.54, 1.807) is 6.20 Å². The van der Waals surface area contributed by atoms with Crippen LogP contribution in [0.2, 0.25) is 0 Å². The fourth-order valence-electron chi connectivity index (χ4n) is 2.09. The van der Waals surface area contributed by atoms with E-state index in [9.17, 15) is 0 Å². The van der Waals surface area contributed by atoms with Crippen molar-refractivity contribution in [2.24, 2.45) is 5.41 Å². The van der Waals surface area contributed by atoms with Gasteiger partial charge in [-0.15, -0.1) is 0 Å². The molecule has 0 unspecified atom stereocenters. The van der Waals surface area contributed by atoms with Gasteiger partial charge in [-0.05, 0) is 35.8 Å². The first-order chi connectivity index (χ1) is 6.62. The highest BCUT2D eigenvalue weighted by atomic mass is 14.6. The average Bonchev–Trinajstić information content (AvgIpc) is 2.15. The number of rotatable bonds is 0. The quantitative estimate of drug-likeness (QED) is 0.624. The summed E-state index contributed by atoms with van der Waals surface area (Å²) in [6.45, 7) is 4.52. The Labute approximate surface area is 84.6 Å². The minimum Gasteiger partial charge on any atom is -0.263 e. The van der Waals surface area contributed by atoms with Crippen LogP contribution >= 0.6 is 0 Å². The highest BCUT2D eigenvalue weighted by molar-refractivity contribution is 5.42. The molecule has 2 heteroatoms. The van der Waals surface area contributed by atoms with Crippen molar-refractivity contribution in [3.05, 3.63) is 29.1 Å². The van der Waals surface area contributed by atoms with Gasteiger partial charge in [0.2, 0.25) is 0 Å². The van der Waals surface area contributed by atoms with Gasteiger partial charge in [0.15, 0.2) is 0 Å². The Hall–Kier alpha value is -1.36. The number of hydrogen-bond donors (Lipinski definition) is 0. The molecule has 1 aromatic rings. The molecule has 1 aliphatic rings. The summed E-state index contributed by atoms with van der Waals surface area (Å²) >= 11 is 0. The molecule has 14 heavy (non-hydrogen) atoms. The number of aromatic nitrogens is 1. The Kier molecular flexibility index (Phi) is 2.03. The summed E-state index contributed by atoms with van der Waals surface area (Å²) < 4.78 is 0. The molecule has 0 aliphatic heterocycles. The summed E-state index contributed by atoms with van der Waals surface area (Å²) in [4.78, 5) is 4.09. The number of hydrogen-bond acceptors (Lipinski definition) is 2. The molecule has 0 aromatic carbocycles. The van der Waals surface area contributed by atoms with Crippen LogP contribution in [0.5, 0.6) is 0 Å². The van der Waals surface area contributed by atoms with Crippen LogP contribution in [0.15, 0.2) is 12.4 Å². The van der Waals surface area contributed by atoms with Gasteiger partial charge in [0, 0.05) is 12.4 Å². The lowest BCUT2D eigenvalue weighted by Crippen LogP contribution is -2.23. The second kappa shape index (κ2) is 3.09. The number of nitriles is 1. The molecule has 2 rings (SSSR count). The van der Waals surface area contributed by atoms with E-state index in [2.05, 4.69) is 24.9 Å². The Morgan fingerprint density at radius 3 is 2.93 bits per heavy atom. The Bertz CT molecular complexity index is 399. The van der Waals surface area contributed by atoms with Crippen molar-refractivity contribution < 1.29 is 0 Å². The molecule has 0 saturated heterocycles. The van der Waals surface area contributed by atoms with Crippen molar-refractivity contribution in [1.29, 1.82) is 5.26 Å². The first-order valence-electron chi connectivity index (χ1n) is 4.98. The normalized spacial score (nSPS) is 18.4. The molecule has 0 spiro atoms. The Balaban J connectivity index is 2.49. The van der Waals surface area contributed by atoms with Crippen LogP contribution in [0, 0.1) is 16.7 Å². The van der Waals surface area contributed by atoms with Gasteiger partial charge in [0.05, 0.1) is 5.56 Å². The lowest BCUT2D eigenvalue weighted by atomic mass is 9.74. The lowest BCUT2D eigenvalue weighted by molar-refractivity contribution is 0.314. The van der Waals surface area contributed by atoms with E-state index in [0.717, 1.165) is 18.4 Å². The number of fused-ring (bicyclic) bond motifs is 1. The zero-order valence-electron chi connectivity index (χ0n) is 8.67. The van der Waals surface area contributed by atoms with E-state index in [-0.39, 0.29) is 0 Å². The third kappa shape index (κ3) is 1.50. The average molecular weight is 186 g/mol. The molecule has 1 aliphatic carbocycles. The molecule has 1 heterocycles. The van der Waals surface area contributed by atoms with Gasteiger partial charge in [-0.3, -0.25) is 4.98 Å². The van der Waals surface area contributed by atoms with Crippen molar-refractivity contribution in [3.63, 3.8) is 0 Å². The van der Waals surface area contributed by atoms with Crippen molar-refractivity contribution in [1.82, 2.24) is 4.98 Å². The first-order valence-corrected chi connectivity index (χ1v) is 4.98. The van der Waals surface area contributed by atoms with Gasteiger partial charge in [0.25, 0.3) is 0 Å². The Morgan fingerprint density at radius 2 is 2.21 bits per heavy atom. The molecular weight excluding hydrogens is 172 g/mol. The van der Waals surface area contributed by atoms with Gasteiger partial charge >= 0.3 is 0 Å². The van der Waals surface area contributed by atoms with Gasteiger partial charge < -0.3 is 0 Å². The molecule has 0 amide bonds. The maximum Gasteiger partial charge on any atom is 0.101 e. The number of nitrogens with zero attached hydrogens (tertiary/aromatic N) is 2. The van der Waals surface area contributed by atoms with Gasteiger partial charge in [-0.2, -0.15) is 5.26 Å². The van der Waals surface area contributed by atoms with Crippen LogP contribution < -0.4 is 0 Å². The molecule has 0 atom stereocenters. The van der Waals surface area contributed by atoms with Crippen molar-refractivity contribution in [3.8, 4) is 6.07 Å². The van der Waals surface area contributed by atoms with Crippen LogP contribution in [-0.4, -0.2) is 4.98 Å². The predicted molar refractivity (Wildman–Crippen MR) is 54.8 cm³/mol. The molecule has 0 fully saturated rings. The van der Waals surface area contributed by atoms with Crippen LogP contribution in [0.4, 0.5) is 0 Å². The largest absolute Gasteiger partial charge is 0.263 e. The molecule has 0 bridgehead atoms. The van der Waals surface area contributed by atoms with Gasteiger partial charge in [0.1, 0.15) is 6.07 Å². The zero-order chi connectivity index (χ0) is 10.2. The molecule has 2 nitrogen and oxygen atoms in total. The SMILES string of the molecule is CC1(C)CCc2cncc(C#N)c2C1. The second-order valence-corrected chi connectivity index (χ2v) is 4.78. The van der Waals surface area contributed by atoms with Crippen LogP contribution in [0.25, 0.3) is 0 Å². The first kappa shape index (κ1) is 9.21. The number of pyridine rings is 1.